The quantitative estimate of drug-likeness (QED) is 0.663. The second-order valence-electron chi connectivity index (χ2n) is 4.56. The van der Waals surface area contributed by atoms with Crippen molar-refractivity contribution in [3.8, 4) is 0 Å². The van der Waals surface area contributed by atoms with E-state index in [1.165, 1.54) is 11.8 Å². The van der Waals surface area contributed by atoms with Gasteiger partial charge in [-0.25, -0.2) is 0 Å². The average Bonchev–Trinajstić information content (AvgIpc) is 2.32. The fraction of sp³-hybridized carbons (Fsp3) is 0.833. The molecule has 4 nitrogen and oxygen atoms in total. The summed E-state index contributed by atoms with van der Waals surface area (Å²) in [5, 5.41) is 0. The topological polar surface area (TPSA) is 52.6 Å². The molecule has 104 valence electrons. The third-order valence-corrected chi connectivity index (χ3v) is 13.5. The summed E-state index contributed by atoms with van der Waals surface area (Å²) in [4.78, 5) is 23.4. The second-order valence-corrected chi connectivity index (χ2v) is 14.8. The summed E-state index contributed by atoms with van der Waals surface area (Å²) in [5.41, 5.74) is 0. The summed E-state index contributed by atoms with van der Waals surface area (Å²) in [6.07, 6.45) is 4.03. The van der Waals surface area contributed by atoms with E-state index in [9.17, 15) is 9.59 Å². The molecule has 0 aromatic carbocycles. The maximum atomic E-state index is 11.7. The van der Waals surface area contributed by atoms with Crippen molar-refractivity contribution >= 4 is 42.9 Å². The van der Waals surface area contributed by atoms with E-state index < -0.39 is 19.2 Å². The van der Waals surface area contributed by atoms with E-state index in [1.807, 2.05) is 0 Å². The van der Waals surface area contributed by atoms with Crippen LogP contribution in [0.3, 0.4) is 0 Å². The van der Waals surface area contributed by atoms with E-state index >= 15 is 0 Å². The molecule has 1 aliphatic rings. The van der Waals surface area contributed by atoms with Crippen LogP contribution in [0.2, 0.25) is 8.87 Å². The molecular formula is C12H22O4SSn. The van der Waals surface area contributed by atoms with Crippen molar-refractivity contribution in [3.63, 3.8) is 0 Å². The van der Waals surface area contributed by atoms with Crippen LogP contribution in [0.1, 0.15) is 39.5 Å². The SMILES string of the molecule is CCC[CH2][Sn]1([CH2]CCC)[O]C(=O)CSCC(=O)[O]1. The molecule has 0 bridgehead atoms. The Kier molecular flexibility index (Phi) is 7.44. The first-order valence-electron chi connectivity index (χ1n) is 6.63. The summed E-state index contributed by atoms with van der Waals surface area (Å²) < 4.78 is 12.9. The van der Waals surface area contributed by atoms with Gasteiger partial charge in [-0.05, 0) is 0 Å². The van der Waals surface area contributed by atoms with Gasteiger partial charge in [-0.3, -0.25) is 0 Å². The Hall–Kier alpha value is 0.0887. The number of thioether (sulfide) groups is 1. The van der Waals surface area contributed by atoms with Gasteiger partial charge >= 0.3 is 119 Å². The third kappa shape index (κ3) is 5.38. The van der Waals surface area contributed by atoms with Gasteiger partial charge in [-0.1, -0.05) is 0 Å². The molecule has 1 saturated heterocycles. The summed E-state index contributed by atoms with van der Waals surface area (Å²) >= 11 is -2.20. The van der Waals surface area contributed by atoms with Gasteiger partial charge in [-0.15, -0.1) is 0 Å². The Morgan fingerprint density at radius 2 is 1.44 bits per heavy atom. The van der Waals surface area contributed by atoms with Crippen LogP contribution in [-0.2, 0) is 15.7 Å². The van der Waals surface area contributed by atoms with Crippen LogP contribution >= 0.6 is 11.8 Å². The third-order valence-electron chi connectivity index (χ3n) is 2.86. The van der Waals surface area contributed by atoms with Crippen molar-refractivity contribution in [3.05, 3.63) is 0 Å². The maximum absolute atomic E-state index is 11.7. The fourth-order valence-corrected chi connectivity index (χ4v) is 13.0. The first kappa shape index (κ1) is 16.1. The Morgan fingerprint density at radius 1 is 1.00 bits per heavy atom. The minimum absolute atomic E-state index is 0.185. The van der Waals surface area contributed by atoms with E-state index in [-0.39, 0.29) is 23.4 Å². The van der Waals surface area contributed by atoms with Crippen molar-refractivity contribution in [1.82, 2.24) is 0 Å². The number of carbonyl (C=O) groups excluding carboxylic acids is 2. The van der Waals surface area contributed by atoms with Gasteiger partial charge in [0.15, 0.2) is 0 Å². The van der Waals surface area contributed by atoms with E-state index in [0.29, 0.717) is 0 Å². The van der Waals surface area contributed by atoms with E-state index in [1.54, 1.807) is 0 Å². The van der Waals surface area contributed by atoms with Gasteiger partial charge in [0.2, 0.25) is 0 Å². The van der Waals surface area contributed by atoms with Gasteiger partial charge in [-0.2, -0.15) is 0 Å². The van der Waals surface area contributed by atoms with Crippen LogP contribution in [0.5, 0.6) is 0 Å². The van der Waals surface area contributed by atoms with Crippen LogP contribution in [-0.4, -0.2) is 42.6 Å². The van der Waals surface area contributed by atoms with Gasteiger partial charge in [0, 0.05) is 0 Å². The normalized spacial score (nSPS) is 19.7. The fourth-order valence-electron chi connectivity index (χ4n) is 1.93. The zero-order chi connectivity index (χ0) is 13.4. The Balaban J connectivity index is 2.78. The molecule has 1 rings (SSSR count). The van der Waals surface area contributed by atoms with Crippen molar-refractivity contribution < 1.29 is 15.7 Å². The van der Waals surface area contributed by atoms with Crippen LogP contribution in [0, 0.1) is 0 Å². The molecule has 1 heterocycles. The molecule has 0 unspecified atom stereocenters. The Morgan fingerprint density at radius 3 is 1.83 bits per heavy atom. The summed E-state index contributed by atoms with van der Waals surface area (Å²) in [6.45, 7) is 4.20. The monoisotopic (exact) mass is 382 g/mol. The summed E-state index contributed by atoms with van der Waals surface area (Å²) in [5.74, 6) is 0.198. The van der Waals surface area contributed by atoms with E-state index in [0.717, 1.165) is 34.6 Å². The van der Waals surface area contributed by atoms with Gasteiger partial charge in [0.05, 0.1) is 0 Å². The van der Waals surface area contributed by atoms with Crippen LogP contribution in [0.25, 0.3) is 0 Å². The van der Waals surface area contributed by atoms with Gasteiger partial charge in [0.1, 0.15) is 0 Å². The number of hydrogen-bond acceptors (Lipinski definition) is 5. The molecule has 6 heteroatoms. The van der Waals surface area contributed by atoms with Crippen molar-refractivity contribution in [2.45, 2.75) is 48.4 Å². The first-order chi connectivity index (χ1) is 8.62. The molecule has 0 radical (unpaired) electrons. The molecule has 0 N–H and O–H groups in total. The Bertz CT molecular complexity index is 268. The Labute approximate surface area is 118 Å². The predicted octanol–water partition coefficient (Wildman–Crippen LogP) is 2.86. The van der Waals surface area contributed by atoms with Crippen molar-refractivity contribution in [2.24, 2.45) is 0 Å². The second kappa shape index (κ2) is 8.30. The van der Waals surface area contributed by atoms with E-state index in [2.05, 4.69) is 13.8 Å². The molecular weight excluding hydrogens is 359 g/mol. The van der Waals surface area contributed by atoms with Crippen LogP contribution < -0.4 is 0 Å². The van der Waals surface area contributed by atoms with E-state index in [4.69, 9.17) is 6.15 Å². The first-order valence-corrected chi connectivity index (χ1v) is 14.2. The molecule has 18 heavy (non-hydrogen) atoms. The molecule has 1 aliphatic heterocycles. The molecule has 0 aromatic rings. The molecule has 0 saturated carbocycles. The number of hydrogen-bond donors (Lipinski definition) is 0. The molecule has 0 atom stereocenters. The molecule has 0 aromatic heterocycles. The average molecular weight is 381 g/mol. The zero-order valence-corrected chi connectivity index (χ0v) is 14.9. The zero-order valence-electron chi connectivity index (χ0n) is 11.2. The van der Waals surface area contributed by atoms with Crippen LogP contribution in [0.4, 0.5) is 0 Å². The summed E-state index contributed by atoms with van der Waals surface area (Å²) in [6, 6.07) is 0. The number of unbranched alkanes of at least 4 members (excludes halogenated alkanes) is 2. The molecule has 0 spiro atoms. The van der Waals surface area contributed by atoms with Gasteiger partial charge < -0.3 is 0 Å². The standard InChI is InChI=1S/C4H6O4S.2C4H9.Sn/c5-3(6)1-9-2-4(7)8;2*1-3-4-2;/h1-2H2,(H,5,6)(H,7,8);2*1,3-4H2,2H3;/q;;;+2/p-2. The summed E-state index contributed by atoms with van der Waals surface area (Å²) in [7, 11) is 0. The molecule has 0 aliphatic carbocycles. The van der Waals surface area contributed by atoms with Crippen molar-refractivity contribution in [2.75, 3.05) is 11.5 Å². The minimum atomic E-state index is -3.48. The predicted molar refractivity (Wildman–Crippen MR) is 74.7 cm³/mol. The van der Waals surface area contributed by atoms with Crippen LogP contribution in [0.15, 0.2) is 0 Å². The van der Waals surface area contributed by atoms with Crippen molar-refractivity contribution in [1.29, 1.82) is 0 Å². The molecule has 1 fully saturated rings. The number of rotatable bonds is 6. The number of carbonyl (C=O) groups is 2. The molecule has 0 amide bonds. The van der Waals surface area contributed by atoms with Gasteiger partial charge in [0.25, 0.3) is 0 Å².